The predicted molar refractivity (Wildman–Crippen MR) is 59.9 cm³/mol. The van der Waals surface area contributed by atoms with Crippen LogP contribution in [0.1, 0.15) is 64.7 Å². The lowest BCUT2D eigenvalue weighted by molar-refractivity contribution is 0.286. The lowest BCUT2D eigenvalue weighted by Gasteiger charge is -2.24. The van der Waals surface area contributed by atoms with Crippen LogP contribution in [-0.2, 0) is 0 Å². The number of unbranched alkanes of at least 4 members (excludes halogenated alkanes) is 2. The van der Waals surface area contributed by atoms with Gasteiger partial charge >= 0.3 is 0 Å². The first-order valence-electron chi connectivity index (χ1n) is 5.99. The third kappa shape index (κ3) is 4.50. The first-order chi connectivity index (χ1) is 6.33. The quantitative estimate of drug-likeness (QED) is 0.393. The summed E-state index contributed by atoms with van der Waals surface area (Å²) in [6.07, 6.45) is 12.7. The van der Waals surface area contributed by atoms with Gasteiger partial charge in [0.25, 0.3) is 0 Å². The molecule has 0 radical (unpaired) electrons. The zero-order valence-electron chi connectivity index (χ0n) is 9.15. The summed E-state index contributed by atoms with van der Waals surface area (Å²) in [4.78, 5) is 0. The van der Waals surface area contributed by atoms with E-state index in [9.17, 15) is 0 Å². The minimum atomic E-state index is 1.11. The Labute approximate surface area is 83.4 Å². The molecule has 0 bridgehead atoms. The van der Waals surface area contributed by atoms with Gasteiger partial charge in [-0.25, -0.2) is 0 Å². The first kappa shape index (κ1) is 10.8. The molecule has 1 fully saturated rings. The second-order valence-corrected chi connectivity index (χ2v) is 4.50. The molecule has 0 aromatic carbocycles. The molecule has 0 atom stereocenters. The molecule has 0 amide bonds. The van der Waals surface area contributed by atoms with Crippen LogP contribution in [0.4, 0.5) is 0 Å². The van der Waals surface area contributed by atoms with Crippen molar-refractivity contribution in [2.75, 3.05) is 0 Å². The summed E-state index contributed by atoms with van der Waals surface area (Å²) in [5.41, 5.74) is 1.43. The molecule has 0 nitrogen and oxygen atoms in total. The first-order valence-corrected chi connectivity index (χ1v) is 5.99. The Hall–Kier alpha value is -0.260. The summed E-state index contributed by atoms with van der Waals surface area (Å²) in [6.45, 7) is 6.24. The summed E-state index contributed by atoms with van der Waals surface area (Å²) >= 11 is 0. The van der Waals surface area contributed by atoms with Crippen molar-refractivity contribution in [2.45, 2.75) is 64.7 Å². The maximum absolute atomic E-state index is 4.03. The van der Waals surface area contributed by atoms with Gasteiger partial charge in [0.05, 0.1) is 0 Å². The van der Waals surface area contributed by atoms with E-state index in [0.717, 1.165) is 5.92 Å². The molecule has 0 heterocycles. The fraction of sp³-hybridized carbons (Fsp3) is 0.846. The van der Waals surface area contributed by atoms with E-state index >= 15 is 0 Å². The molecule has 1 rings (SSSR count). The Morgan fingerprint density at radius 2 is 2.00 bits per heavy atom. The molecular weight excluding hydrogens is 156 g/mol. The molecule has 1 aliphatic rings. The van der Waals surface area contributed by atoms with E-state index in [1.807, 2.05) is 0 Å². The number of rotatable bonds is 7. The molecule has 1 saturated carbocycles. The fourth-order valence-corrected chi connectivity index (χ4v) is 1.94. The van der Waals surface area contributed by atoms with Crippen LogP contribution < -0.4 is 0 Å². The minimum absolute atomic E-state index is 1.11. The average molecular weight is 180 g/mol. The number of allylic oxidation sites excluding steroid dienone is 1. The van der Waals surface area contributed by atoms with Crippen LogP contribution in [0.15, 0.2) is 12.2 Å². The summed E-state index contributed by atoms with van der Waals surface area (Å²) in [7, 11) is 0. The molecule has 0 aliphatic heterocycles. The van der Waals surface area contributed by atoms with Gasteiger partial charge in [-0.15, -0.1) is 0 Å². The van der Waals surface area contributed by atoms with Gasteiger partial charge in [-0.1, -0.05) is 57.6 Å². The third-order valence-corrected chi connectivity index (χ3v) is 3.37. The van der Waals surface area contributed by atoms with Crippen molar-refractivity contribution in [3.05, 3.63) is 12.2 Å². The van der Waals surface area contributed by atoms with Gasteiger partial charge in [0, 0.05) is 0 Å². The molecule has 1 aliphatic carbocycles. The summed E-state index contributed by atoms with van der Waals surface area (Å²) in [5.74, 6) is 1.11. The highest BCUT2D eigenvalue weighted by molar-refractivity contribution is 4.91. The fourth-order valence-electron chi connectivity index (χ4n) is 1.94. The average Bonchev–Trinajstić information content (AvgIpc) is 2.07. The highest BCUT2D eigenvalue weighted by atomic mass is 14.2. The molecule has 0 aromatic rings. The van der Waals surface area contributed by atoms with Crippen LogP contribution in [0, 0.1) is 5.92 Å². The molecule has 0 N–H and O–H groups in total. The maximum Gasteiger partial charge on any atom is -0.0323 e. The van der Waals surface area contributed by atoms with Crippen molar-refractivity contribution in [3.8, 4) is 0 Å². The lowest BCUT2D eigenvalue weighted by atomic mass is 9.81. The Balaban J connectivity index is 1.80. The van der Waals surface area contributed by atoms with Crippen molar-refractivity contribution in [1.29, 1.82) is 0 Å². The van der Waals surface area contributed by atoms with Crippen molar-refractivity contribution < 1.29 is 0 Å². The largest absolute Gasteiger partial charge is 0.0999 e. The van der Waals surface area contributed by atoms with Crippen molar-refractivity contribution in [1.82, 2.24) is 0 Å². The van der Waals surface area contributed by atoms with Crippen molar-refractivity contribution in [2.24, 2.45) is 5.92 Å². The monoisotopic (exact) mass is 180 g/mol. The van der Waals surface area contributed by atoms with Gasteiger partial charge in [0.15, 0.2) is 0 Å². The SMILES string of the molecule is C=C(CC)CCCCCC1CCC1. The van der Waals surface area contributed by atoms with E-state index < -0.39 is 0 Å². The van der Waals surface area contributed by atoms with Crippen LogP contribution in [0.3, 0.4) is 0 Å². The molecule has 13 heavy (non-hydrogen) atoms. The highest BCUT2D eigenvalue weighted by Crippen LogP contribution is 2.31. The van der Waals surface area contributed by atoms with Gasteiger partial charge in [0.1, 0.15) is 0 Å². The Morgan fingerprint density at radius 1 is 1.23 bits per heavy atom. The topological polar surface area (TPSA) is 0 Å². The molecule has 0 heteroatoms. The van der Waals surface area contributed by atoms with Crippen LogP contribution >= 0.6 is 0 Å². The van der Waals surface area contributed by atoms with Gasteiger partial charge in [-0.05, 0) is 25.2 Å². The highest BCUT2D eigenvalue weighted by Gasteiger charge is 2.15. The second kappa shape index (κ2) is 6.23. The molecule has 0 aromatic heterocycles. The van der Waals surface area contributed by atoms with Gasteiger partial charge < -0.3 is 0 Å². The zero-order valence-corrected chi connectivity index (χ0v) is 9.15. The Morgan fingerprint density at radius 3 is 2.54 bits per heavy atom. The van der Waals surface area contributed by atoms with E-state index in [1.165, 1.54) is 63.4 Å². The lowest BCUT2D eigenvalue weighted by Crippen LogP contribution is -2.10. The van der Waals surface area contributed by atoms with Crippen LogP contribution in [-0.4, -0.2) is 0 Å². The normalized spacial score (nSPS) is 17.0. The van der Waals surface area contributed by atoms with E-state index in [1.54, 1.807) is 0 Å². The molecular formula is C13H24. The Bertz CT molecular complexity index is 142. The predicted octanol–water partition coefficient (Wildman–Crippen LogP) is 4.70. The third-order valence-electron chi connectivity index (χ3n) is 3.37. The smallest absolute Gasteiger partial charge is 0.0323 e. The van der Waals surface area contributed by atoms with E-state index in [4.69, 9.17) is 0 Å². The zero-order chi connectivity index (χ0) is 9.52. The van der Waals surface area contributed by atoms with Gasteiger partial charge in [-0.2, -0.15) is 0 Å². The van der Waals surface area contributed by atoms with Crippen LogP contribution in [0.25, 0.3) is 0 Å². The second-order valence-electron chi connectivity index (χ2n) is 4.50. The summed E-state index contributed by atoms with van der Waals surface area (Å²) in [6, 6.07) is 0. The van der Waals surface area contributed by atoms with Crippen molar-refractivity contribution in [3.63, 3.8) is 0 Å². The number of hydrogen-bond acceptors (Lipinski definition) is 0. The van der Waals surface area contributed by atoms with Crippen LogP contribution in [0.2, 0.25) is 0 Å². The minimum Gasteiger partial charge on any atom is -0.0999 e. The Kier molecular flexibility index (Phi) is 5.19. The van der Waals surface area contributed by atoms with Gasteiger partial charge in [0.2, 0.25) is 0 Å². The molecule has 0 unspecified atom stereocenters. The standard InChI is InChI=1S/C13H24/c1-3-12(2)8-5-4-6-9-13-10-7-11-13/h13H,2-11H2,1H3. The van der Waals surface area contributed by atoms with Crippen LogP contribution in [0.5, 0.6) is 0 Å². The summed E-state index contributed by atoms with van der Waals surface area (Å²) in [5, 5.41) is 0. The van der Waals surface area contributed by atoms with Gasteiger partial charge in [-0.3, -0.25) is 0 Å². The molecule has 0 spiro atoms. The van der Waals surface area contributed by atoms with E-state index in [-0.39, 0.29) is 0 Å². The number of hydrogen-bond donors (Lipinski definition) is 0. The van der Waals surface area contributed by atoms with E-state index in [0.29, 0.717) is 0 Å². The molecule has 0 saturated heterocycles. The van der Waals surface area contributed by atoms with Crippen molar-refractivity contribution >= 4 is 0 Å². The van der Waals surface area contributed by atoms with E-state index in [2.05, 4.69) is 13.5 Å². The molecule has 76 valence electrons. The maximum atomic E-state index is 4.03. The summed E-state index contributed by atoms with van der Waals surface area (Å²) < 4.78 is 0.